The zero-order valence-corrected chi connectivity index (χ0v) is 18.3. The molecule has 3 rings (SSSR count). The number of aromatic amines is 1. The van der Waals surface area contributed by atoms with Crippen molar-refractivity contribution in [3.63, 3.8) is 0 Å². The lowest BCUT2D eigenvalue weighted by Crippen LogP contribution is -2.42. The van der Waals surface area contributed by atoms with Crippen LogP contribution < -0.4 is 5.73 Å². The molecule has 2 unspecified atom stereocenters. The summed E-state index contributed by atoms with van der Waals surface area (Å²) in [5.74, 6) is -0.108. The molecule has 0 spiro atoms. The molecule has 0 saturated heterocycles. The maximum absolute atomic E-state index is 13.1. The Kier molecular flexibility index (Phi) is 6.08. The third-order valence-electron chi connectivity index (χ3n) is 4.67. The van der Waals surface area contributed by atoms with Crippen LogP contribution in [0.4, 0.5) is 26.3 Å². The number of nitrogens with zero attached hydrogens (tertiary/aromatic N) is 1. The van der Waals surface area contributed by atoms with Crippen LogP contribution >= 0.6 is 34.8 Å². The fraction of sp³-hybridized carbons (Fsp3) is 0.235. The smallest absolute Gasteiger partial charge is 0.398 e. The van der Waals surface area contributed by atoms with Crippen molar-refractivity contribution in [2.75, 3.05) is 0 Å². The van der Waals surface area contributed by atoms with E-state index >= 15 is 0 Å². The molecule has 0 radical (unpaired) electrons. The number of alkyl halides is 7. The molecule has 3 N–H and O–H groups in total. The molecule has 0 amide bonds. The van der Waals surface area contributed by atoms with Crippen LogP contribution in [0.25, 0.3) is 0 Å². The van der Waals surface area contributed by atoms with E-state index in [1.807, 2.05) is 0 Å². The molecule has 2 atom stereocenters. The first-order valence-electron chi connectivity index (χ1n) is 8.26. The fourth-order valence-electron chi connectivity index (χ4n) is 3.28. The molecule has 1 aliphatic carbocycles. The SMILES string of the molecule is NC1=CC(c2ncc[nH]2)(c2c(Cl)cc(C(F)(F)F)cc2Cl)C(Cl)C=C1S(=O)(=O)C(F)(F)F. The molecule has 1 heterocycles. The minimum Gasteiger partial charge on any atom is -0.398 e. The van der Waals surface area contributed by atoms with Gasteiger partial charge >= 0.3 is 11.7 Å². The molecule has 5 nitrogen and oxygen atoms in total. The molecule has 1 aromatic carbocycles. The van der Waals surface area contributed by atoms with Crippen LogP contribution in [-0.2, 0) is 21.4 Å². The number of rotatable bonds is 3. The number of imidazole rings is 1. The molecule has 32 heavy (non-hydrogen) atoms. The Labute approximate surface area is 191 Å². The van der Waals surface area contributed by atoms with Crippen molar-refractivity contribution in [2.45, 2.75) is 22.5 Å². The molecule has 2 aromatic rings. The molecular weight excluding hydrogens is 531 g/mol. The van der Waals surface area contributed by atoms with Gasteiger partial charge in [0.05, 0.1) is 21.3 Å². The number of allylic oxidation sites excluding steroid dienone is 2. The summed E-state index contributed by atoms with van der Waals surface area (Å²) in [7, 11) is -5.89. The summed E-state index contributed by atoms with van der Waals surface area (Å²) in [6, 6.07) is 1.10. The van der Waals surface area contributed by atoms with E-state index in [1.54, 1.807) is 0 Å². The van der Waals surface area contributed by atoms with Gasteiger partial charge in [-0.3, -0.25) is 0 Å². The number of nitrogens with two attached hydrogens (primary N) is 1. The van der Waals surface area contributed by atoms with Crippen molar-refractivity contribution in [3.8, 4) is 0 Å². The number of aromatic nitrogens is 2. The van der Waals surface area contributed by atoms with E-state index in [0.717, 1.165) is 6.08 Å². The Morgan fingerprint density at radius 1 is 1.09 bits per heavy atom. The van der Waals surface area contributed by atoms with Crippen LogP contribution in [0.2, 0.25) is 10.0 Å². The number of H-pyrrole nitrogens is 1. The second-order valence-electron chi connectivity index (χ2n) is 6.60. The summed E-state index contributed by atoms with van der Waals surface area (Å²) in [4.78, 5) is 5.31. The van der Waals surface area contributed by atoms with Crippen LogP contribution in [-0.4, -0.2) is 29.3 Å². The van der Waals surface area contributed by atoms with Gasteiger partial charge in [0.15, 0.2) is 0 Å². The van der Waals surface area contributed by atoms with Gasteiger partial charge in [-0.15, -0.1) is 11.6 Å². The summed E-state index contributed by atoms with van der Waals surface area (Å²) < 4.78 is 102. The Bertz CT molecular complexity index is 1200. The number of sulfone groups is 1. The normalized spacial score (nSPS) is 22.5. The highest BCUT2D eigenvalue weighted by molar-refractivity contribution is 7.96. The van der Waals surface area contributed by atoms with Gasteiger partial charge in [0.2, 0.25) is 0 Å². The van der Waals surface area contributed by atoms with Crippen molar-refractivity contribution in [1.82, 2.24) is 9.97 Å². The first kappa shape index (κ1) is 24.7. The van der Waals surface area contributed by atoms with Crippen LogP contribution in [0.3, 0.4) is 0 Å². The van der Waals surface area contributed by atoms with Crippen LogP contribution in [0.1, 0.15) is 17.0 Å². The topological polar surface area (TPSA) is 88.8 Å². The summed E-state index contributed by atoms with van der Waals surface area (Å²) >= 11 is 18.6. The lowest BCUT2D eigenvalue weighted by atomic mass is 9.73. The molecule has 0 aliphatic heterocycles. The van der Waals surface area contributed by atoms with Gasteiger partial charge in [0.1, 0.15) is 5.82 Å². The van der Waals surface area contributed by atoms with E-state index < -0.39 is 58.5 Å². The van der Waals surface area contributed by atoms with E-state index in [-0.39, 0.29) is 11.4 Å². The molecule has 0 bridgehead atoms. The standard InChI is InChI=1S/C17H10Cl3F6N3O2S/c18-8-3-7(16(21,22)23)4-9(19)13(8)15(14-28-1-2-29-14)6-10(27)11(5-12(15)20)32(30,31)17(24,25)26/h1-6,12H,27H2,(H,28,29). The quantitative estimate of drug-likeness (QED) is 0.408. The number of benzene rings is 1. The highest BCUT2D eigenvalue weighted by Gasteiger charge is 2.54. The van der Waals surface area contributed by atoms with Crippen LogP contribution in [0, 0.1) is 0 Å². The molecule has 0 fully saturated rings. The van der Waals surface area contributed by atoms with E-state index in [2.05, 4.69) is 9.97 Å². The predicted molar refractivity (Wildman–Crippen MR) is 106 cm³/mol. The van der Waals surface area contributed by atoms with Gasteiger partial charge in [0, 0.05) is 33.7 Å². The first-order valence-corrected chi connectivity index (χ1v) is 10.9. The summed E-state index contributed by atoms with van der Waals surface area (Å²) in [5, 5.41) is -2.77. The second-order valence-corrected chi connectivity index (χ2v) is 9.80. The zero-order valence-electron chi connectivity index (χ0n) is 15.2. The molecule has 1 aliphatic rings. The maximum atomic E-state index is 13.1. The molecule has 1 aromatic heterocycles. The van der Waals surface area contributed by atoms with E-state index in [4.69, 9.17) is 40.5 Å². The van der Waals surface area contributed by atoms with Gasteiger partial charge in [-0.05, 0) is 24.3 Å². The van der Waals surface area contributed by atoms with Gasteiger partial charge in [-0.2, -0.15) is 26.3 Å². The number of halogens is 9. The number of hydrogen-bond acceptors (Lipinski definition) is 4. The Hall–Kier alpha value is -1.89. The molecule has 15 heteroatoms. The lowest BCUT2D eigenvalue weighted by molar-refractivity contribution is -0.137. The minimum atomic E-state index is -5.89. The maximum Gasteiger partial charge on any atom is 0.501 e. The molecule has 0 saturated carbocycles. The van der Waals surface area contributed by atoms with Gasteiger partial charge < -0.3 is 10.7 Å². The van der Waals surface area contributed by atoms with Crippen molar-refractivity contribution in [3.05, 3.63) is 74.3 Å². The third-order valence-corrected chi connectivity index (χ3v) is 7.29. The Balaban J connectivity index is 2.33. The van der Waals surface area contributed by atoms with E-state index in [9.17, 15) is 34.8 Å². The summed E-state index contributed by atoms with van der Waals surface area (Å²) in [5.41, 5.74) is -4.26. The third kappa shape index (κ3) is 3.87. The minimum absolute atomic E-state index is 0.108. The van der Waals surface area contributed by atoms with E-state index in [0.29, 0.717) is 18.2 Å². The van der Waals surface area contributed by atoms with E-state index in [1.165, 1.54) is 12.4 Å². The monoisotopic (exact) mass is 539 g/mol. The molecular formula is C17H10Cl3F6N3O2S. The highest BCUT2D eigenvalue weighted by Crippen LogP contribution is 2.50. The predicted octanol–water partition coefficient (Wildman–Crippen LogP) is 5.30. The average molecular weight is 541 g/mol. The fourth-order valence-corrected chi connectivity index (χ4v) is 5.49. The Morgan fingerprint density at radius 2 is 1.66 bits per heavy atom. The van der Waals surface area contributed by atoms with Crippen LogP contribution in [0.5, 0.6) is 0 Å². The van der Waals surface area contributed by atoms with Crippen molar-refractivity contribution < 1.29 is 34.8 Å². The van der Waals surface area contributed by atoms with Gasteiger partial charge in [-0.1, -0.05) is 23.2 Å². The molecule has 174 valence electrons. The van der Waals surface area contributed by atoms with Gasteiger partial charge in [0.25, 0.3) is 9.84 Å². The first-order chi connectivity index (χ1) is 14.5. The van der Waals surface area contributed by atoms with Crippen molar-refractivity contribution >= 4 is 44.6 Å². The average Bonchev–Trinajstić information content (AvgIpc) is 3.16. The number of hydrogen-bond donors (Lipinski definition) is 2. The van der Waals surface area contributed by atoms with Crippen LogP contribution in [0.15, 0.2) is 47.3 Å². The van der Waals surface area contributed by atoms with Gasteiger partial charge in [-0.25, -0.2) is 13.4 Å². The summed E-state index contributed by atoms with van der Waals surface area (Å²) in [6.45, 7) is 0. The summed E-state index contributed by atoms with van der Waals surface area (Å²) in [6.07, 6.45) is -0.945. The van der Waals surface area contributed by atoms with Crippen molar-refractivity contribution in [2.24, 2.45) is 5.73 Å². The zero-order chi connectivity index (χ0) is 24.3. The lowest BCUT2D eigenvalue weighted by Gasteiger charge is -2.37. The Morgan fingerprint density at radius 3 is 2.09 bits per heavy atom. The largest absolute Gasteiger partial charge is 0.501 e. The number of nitrogens with one attached hydrogen (secondary N) is 1. The second kappa shape index (κ2) is 7.86. The highest BCUT2D eigenvalue weighted by atomic mass is 35.5. The van der Waals surface area contributed by atoms with Crippen molar-refractivity contribution in [1.29, 1.82) is 0 Å².